The van der Waals surface area contributed by atoms with Crippen LogP contribution >= 0.6 is 27.7 Å². The number of rotatable bonds is 6. The summed E-state index contributed by atoms with van der Waals surface area (Å²) >= 11 is 4.77. The van der Waals surface area contributed by atoms with E-state index >= 15 is 0 Å². The summed E-state index contributed by atoms with van der Waals surface area (Å²) in [7, 11) is 3.43. The van der Waals surface area contributed by atoms with E-state index in [0.717, 1.165) is 21.0 Å². The van der Waals surface area contributed by atoms with Crippen molar-refractivity contribution in [1.82, 2.24) is 14.8 Å². The molecule has 2 aromatic heterocycles. The van der Waals surface area contributed by atoms with Crippen molar-refractivity contribution < 1.29 is 13.9 Å². The number of ether oxygens (including phenoxy) is 1. The Hall–Kier alpha value is -2.78. The minimum Gasteiger partial charge on any atom is -0.495 e. The van der Waals surface area contributed by atoms with Crippen LogP contribution < -0.4 is 10.1 Å². The van der Waals surface area contributed by atoms with E-state index < -0.39 is 0 Å². The van der Waals surface area contributed by atoms with Crippen molar-refractivity contribution in [3.63, 3.8) is 0 Å². The van der Waals surface area contributed by atoms with E-state index in [0.29, 0.717) is 28.2 Å². The summed E-state index contributed by atoms with van der Waals surface area (Å²) in [5.74, 6) is 1.89. The molecule has 0 radical (unpaired) electrons. The first-order chi connectivity index (χ1) is 14.4. The quantitative estimate of drug-likeness (QED) is 0.384. The molecule has 4 rings (SSSR count). The highest BCUT2D eigenvalue weighted by Gasteiger charge is 2.17. The van der Waals surface area contributed by atoms with Crippen LogP contribution in [0.2, 0.25) is 0 Å². The van der Waals surface area contributed by atoms with Crippen LogP contribution in [0.1, 0.15) is 5.56 Å². The molecule has 0 spiro atoms. The van der Waals surface area contributed by atoms with Crippen molar-refractivity contribution >= 4 is 50.3 Å². The van der Waals surface area contributed by atoms with Crippen molar-refractivity contribution in [2.75, 3.05) is 18.2 Å². The van der Waals surface area contributed by atoms with Gasteiger partial charge in [0.15, 0.2) is 16.7 Å². The highest BCUT2D eigenvalue weighted by Crippen LogP contribution is 2.30. The number of hydrogen-bond acceptors (Lipinski definition) is 6. The maximum Gasteiger partial charge on any atom is 0.234 e. The van der Waals surface area contributed by atoms with E-state index in [2.05, 4.69) is 31.4 Å². The van der Waals surface area contributed by atoms with Gasteiger partial charge in [-0.25, -0.2) is 0 Å². The van der Waals surface area contributed by atoms with Gasteiger partial charge < -0.3 is 19.0 Å². The first-order valence-corrected chi connectivity index (χ1v) is 10.9. The summed E-state index contributed by atoms with van der Waals surface area (Å²) in [6.45, 7) is 1.96. The fourth-order valence-corrected chi connectivity index (χ4v) is 4.11. The number of furan rings is 1. The molecule has 30 heavy (non-hydrogen) atoms. The number of carbonyl (C=O) groups is 1. The van der Waals surface area contributed by atoms with Gasteiger partial charge >= 0.3 is 0 Å². The third-order valence-electron chi connectivity index (χ3n) is 4.50. The van der Waals surface area contributed by atoms with Gasteiger partial charge in [-0.1, -0.05) is 33.8 Å². The molecule has 9 heteroatoms. The normalized spacial score (nSPS) is 11.1. The molecule has 1 amide bonds. The van der Waals surface area contributed by atoms with Gasteiger partial charge in [0.25, 0.3) is 0 Å². The highest BCUT2D eigenvalue weighted by molar-refractivity contribution is 9.10. The minimum absolute atomic E-state index is 0.151. The number of thioether (sulfide) groups is 1. The number of hydrogen-bond donors (Lipinski definition) is 1. The van der Waals surface area contributed by atoms with Crippen molar-refractivity contribution in [1.29, 1.82) is 0 Å². The van der Waals surface area contributed by atoms with Crippen molar-refractivity contribution in [3.05, 3.63) is 52.5 Å². The second kappa shape index (κ2) is 8.53. The Labute approximate surface area is 185 Å². The monoisotopic (exact) mass is 486 g/mol. The Morgan fingerprint density at radius 3 is 2.87 bits per heavy atom. The standard InChI is InChI=1S/C21H19BrN4O3S/c1-12-4-6-17(28-3)15(8-12)23-19(27)11-30-21-25-24-20(26(21)2)18-10-13-9-14(22)5-7-16(13)29-18/h4-10H,11H2,1-3H3,(H,23,27). The first-order valence-electron chi connectivity index (χ1n) is 9.11. The number of methoxy groups -OCH3 is 1. The number of benzene rings is 2. The van der Waals surface area contributed by atoms with E-state index in [1.807, 2.05) is 61.0 Å². The van der Waals surface area contributed by atoms with Gasteiger partial charge in [-0.05, 0) is 48.9 Å². The lowest BCUT2D eigenvalue weighted by molar-refractivity contribution is -0.113. The zero-order valence-electron chi connectivity index (χ0n) is 16.6. The number of fused-ring (bicyclic) bond motifs is 1. The summed E-state index contributed by atoms with van der Waals surface area (Å²) in [6, 6.07) is 13.4. The molecule has 2 heterocycles. The molecule has 0 saturated carbocycles. The zero-order valence-corrected chi connectivity index (χ0v) is 19.0. The number of amides is 1. The van der Waals surface area contributed by atoms with Gasteiger partial charge in [0, 0.05) is 16.9 Å². The average molecular weight is 487 g/mol. The van der Waals surface area contributed by atoms with Crippen LogP contribution in [0.3, 0.4) is 0 Å². The lowest BCUT2D eigenvalue weighted by atomic mass is 10.2. The SMILES string of the molecule is COc1ccc(C)cc1NC(=O)CSc1nnc(-c2cc3cc(Br)ccc3o2)n1C. The lowest BCUT2D eigenvalue weighted by Gasteiger charge is -2.10. The number of nitrogens with zero attached hydrogens (tertiary/aromatic N) is 3. The maximum absolute atomic E-state index is 12.4. The fraction of sp³-hybridized carbons (Fsp3) is 0.190. The van der Waals surface area contributed by atoms with Crippen LogP contribution in [0, 0.1) is 6.92 Å². The van der Waals surface area contributed by atoms with E-state index in [1.54, 1.807) is 7.11 Å². The molecule has 154 valence electrons. The van der Waals surface area contributed by atoms with Gasteiger partial charge in [-0.15, -0.1) is 10.2 Å². The van der Waals surface area contributed by atoms with Crippen LogP contribution in [0.4, 0.5) is 5.69 Å². The molecule has 7 nitrogen and oxygen atoms in total. The Balaban J connectivity index is 1.46. The lowest BCUT2D eigenvalue weighted by Crippen LogP contribution is -2.15. The number of aromatic nitrogens is 3. The Morgan fingerprint density at radius 1 is 1.23 bits per heavy atom. The smallest absolute Gasteiger partial charge is 0.234 e. The maximum atomic E-state index is 12.4. The number of halogens is 1. The molecule has 4 aromatic rings. The molecule has 0 aliphatic heterocycles. The molecule has 0 aliphatic carbocycles. The predicted octanol–water partition coefficient (Wildman–Crippen LogP) is 5.04. The zero-order chi connectivity index (χ0) is 21.3. The predicted molar refractivity (Wildman–Crippen MR) is 121 cm³/mol. The molecule has 0 aliphatic rings. The third-order valence-corrected chi connectivity index (χ3v) is 6.01. The van der Waals surface area contributed by atoms with Crippen molar-refractivity contribution in [2.45, 2.75) is 12.1 Å². The van der Waals surface area contributed by atoms with Crippen LogP contribution in [-0.2, 0) is 11.8 Å². The molecular weight excluding hydrogens is 468 g/mol. The highest BCUT2D eigenvalue weighted by atomic mass is 79.9. The first kappa shape index (κ1) is 20.5. The molecule has 0 atom stereocenters. The Morgan fingerprint density at radius 2 is 2.07 bits per heavy atom. The summed E-state index contributed by atoms with van der Waals surface area (Å²) in [5.41, 5.74) is 2.46. The van der Waals surface area contributed by atoms with Crippen LogP contribution in [0.5, 0.6) is 5.75 Å². The van der Waals surface area contributed by atoms with Gasteiger partial charge in [-0.3, -0.25) is 4.79 Å². The van der Waals surface area contributed by atoms with Gasteiger partial charge in [0.05, 0.1) is 18.6 Å². The van der Waals surface area contributed by atoms with Crippen LogP contribution in [0.25, 0.3) is 22.6 Å². The summed E-state index contributed by atoms with van der Waals surface area (Å²) < 4.78 is 14.0. The van der Waals surface area contributed by atoms with E-state index in [4.69, 9.17) is 9.15 Å². The third kappa shape index (κ3) is 4.22. The molecule has 0 unspecified atom stereocenters. The number of carbonyl (C=O) groups excluding carboxylic acids is 1. The molecule has 2 aromatic carbocycles. The van der Waals surface area contributed by atoms with Crippen LogP contribution in [0.15, 0.2) is 56.5 Å². The number of anilines is 1. The topological polar surface area (TPSA) is 82.2 Å². The summed E-state index contributed by atoms with van der Waals surface area (Å²) in [5, 5.41) is 12.9. The van der Waals surface area contributed by atoms with E-state index in [1.165, 1.54) is 11.8 Å². The second-order valence-electron chi connectivity index (χ2n) is 6.70. The molecule has 0 saturated heterocycles. The molecule has 1 N–H and O–H groups in total. The fourth-order valence-electron chi connectivity index (χ4n) is 3.02. The van der Waals surface area contributed by atoms with Crippen LogP contribution in [-0.4, -0.2) is 33.5 Å². The summed E-state index contributed by atoms with van der Waals surface area (Å²) in [6.07, 6.45) is 0. The minimum atomic E-state index is -0.151. The Bertz CT molecular complexity index is 1230. The van der Waals surface area contributed by atoms with Crippen molar-refractivity contribution in [3.8, 4) is 17.3 Å². The van der Waals surface area contributed by atoms with E-state index in [9.17, 15) is 4.79 Å². The van der Waals surface area contributed by atoms with E-state index in [-0.39, 0.29) is 11.7 Å². The molecular formula is C21H19BrN4O3S. The van der Waals surface area contributed by atoms with Gasteiger partial charge in [0.2, 0.25) is 5.91 Å². The molecule has 0 bridgehead atoms. The largest absolute Gasteiger partial charge is 0.495 e. The number of nitrogens with one attached hydrogen (secondary N) is 1. The van der Waals surface area contributed by atoms with Crippen molar-refractivity contribution in [2.24, 2.45) is 7.05 Å². The Kier molecular flexibility index (Phi) is 5.83. The number of aryl methyl sites for hydroxylation is 1. The second-order valence-corrected chi connectivity index (χ2v) is 8.56. The summed E-state index contributed by atoms with van der Waals surface area (Å²) in [4.78, 5) is 12.4. The molecule has 0 fully saturated rings. The van der Waals surface area contributed by atoms with Gasteiger partial charge in [0.1, 0.15) is 11.3 Å². The average Bonchev–Trinajstić information content (AvgIpc) is 3.29. The van der Waals surface area contributed by atoms with Gasteiger partial charge in [-0.2, -0.15) is 0 Å².